The van der Waals surface area contributed by atoms with Crippen LogP contribution in [0.2, 0.25) is 5.02 Å². The van der Waals surface area contributed by atoms with Gasteiger partial charge in [0.25, 0.3) is 0 Å². The lowest BCUT2D eigenvalue weighted by molar-refractivity contribution is -0.0133. The summed E-state index contributed by atoms with van der Waals surface area (Å²) in [6, 6.07) is 2.84. The Bertz CT molecular complexity index is 423. The van der Waals surface area contributed by atoms with Crippen LogP contribution in [0.5, 0.6) is 5.75 Å². The molecule has 1 saturated carbocycles. The smallest absolute Gasteiger partial charge is 0.145 e. The predicted octanol–water partition coefficient (Wildman–Crippen LogP) is 3.89. The standard InChI is InChI=1S/C12H14BrClFNO/c13-8-6-9(14)10(15)7-11(8)17-12(4-5-16)2-1-3-12/h6-7H,1-5,16H2. The third-order valence-electron chi connectivity index (χ3n) is 3.17. The molecule has 1 aliphatic rings. The monoisotopic (exact) mass is 321 g/mol. The van der Waals surface area contributed by atoms with Crippen LogP contribution in [0.3, 0.4) is 0 Å². The number of nitrogens with two attached hydrogens (primary N) is 1. The van der Waals surface area contributed by atoms with Crippen LogP contribution in [-0.4, -0.2) is 12.1 Å². The first-order valence-electron chi connectivity index (χ1n) is 5.60. The van der Waals surface area contributed by atoms with Gasteiger partial charge in [0, 0.05) is 6.07 Å². The molecule has 1 aromatic carbocycles. The second-order valence-corrected chi connectivity index (χ2v) is 5.64. The molecule has 0 bridgehead atoms. The molecule has 2 N–H and O–H groups in total. The van der Waals surface area contributed by atoms with Crippen LogP contribution in [-0.2, 0) is 0 Å². The topological polar surface area (TPSA) is 35.2 Å². The van der Waals surface area contributed by atoms with Gasteiger partial charge in [-0.25, -0.2) is 4.39 Å². The summed E-state index contributed by atoms with van der Waals surface area (Å²) in [5.41, 5.74) is 5.37. The number of hydrogen-bond acceptors (Lipinski definition) is 2. The Morgan fingerprint density at radius 1 is 1.47 bits per heavy atom. The molecule has 0 radical (unpaired) electrons. The van der Waals surface area contributed by atoms with Crippen LogP contribution in [0.1, 0.15) is 25.7 Å². The fraction of sp³-hybridized carbons (Fsp3) is 0.500. The van der Waals surface area contributed by atoms with Gasteiger partial charge in [0.15, 0.2) is 0 Å². The van der Waals surface area contributed by atoms with Gasteiger partial charge in [-0.3, -0.25) is 0 Å². The molecule has 0 amide bonds. The van der Waals surface area contributed by atoms with Crippen LogP contribution in [0, 0.1) is 5.82 Å². The zero-order valence-electron chi connectivity index (χ0n) is 9.31. The van der Waals surface area contributed by atoms with Crippen LogP contribution < -0.4 is 10.5 Å². The average Bonchev–Trinajstić information content (AvgIpc) is 2.22. The van der Waals surface area contributed by atoms with E-state index in [-0.39, 0.29) is 10.6 Å². The Morgan fingerprint density at radius 2 is 2.18 bits per heavy atom. The van der Waals surface area contributed by atoms with Gasteiger partial charge < -0.3 is 10.5 Å². The highest BCUT2D eigenvalue weighted by Gasteiger charge is 2.39. The highest BCUT2D eigenvalue weighted by atomic mass is 79.9. The van der Waals surface area contributed by atoms with Crippen LogP contribution in [0.25, 0.3) is 0 Å². The van der Waals surface area contributed by atoms with Crippen molar-refractivity contribution in [3.05, 3.63) is 27.4 Å². The minimum atomic E-state index is -0.466. The van der Waals surface area contributed by atoms with Gasteiger partial charge in [-0.1, -0.05) is 11.6 Å². The highest BCUT2D eigenvalue weighted by Crippen LogP contribution is 2.42. The summed E-state index contributed by atoms with van der Waals surface area (Å²) in [6.07, 6.45) is 3.87. The number of ether oxygens (including phenoxy) is 1. The van der Waals surface area contributed by atoms with Gasteiger partial charge in [0.05, 0.1) is 9.50 Å². The number of halogens is 3. The van der Waals surface area contributed by atoms with Crippen molar-refractivity contribution in [1.29, 1.82) is 0 Å². The van der Waals surface area contributed by atoms with Gasteiger partial charge in [0.1, 0.15) is 17.2 Å². The SMILES string of the molecule is NCCC1(Oc2cc(F)c(Cl)cc2Br)CCC1. The lowest BCUT2D eigenvalue weighted by Crippen LogP contribution is -2.44. The van der Waals surface area contributed by atoms with Crippen molar-refractivity contribution in [2.24, 2.45) is 5.73 Å². The van der Waals surface area contributed by atoms with Gasteiger partial charge in [-0.05, 0) is 54.2 Å². The van der Waals surface area contributed by atoms with E-state index in [1.165, 1.54) is 12.1 Å². The summed E-state index contributed by atoms with van der Waals surface area (Å²) < 4.78 is 20.0. The molecule has 1 aliphatic carbocycles. The molecule has 0 heterocycles. The van der Waals surface area contributed by atoms with E-state index in [0.29, 0.717) is 16.8 Å². The maximum absolute atomic E-state index is 13.4. The molecular formula is C12H14BrClFNO. The number of hydrogen-bond donors (Lipinski definition) is 1. The molecule has 2 nitrogen and oxygen atoms in total. The maximum Gasteiger partial charge on any atom is 0.145 e. The van der Waals surface area contributed by atoms with Crippen molar-refractivity contribution in [1.82, 2.24) is 0 Å². The van der Waals surface area contributed by atoms with E-state index in [0.717, 1.165) is 25.7 Å². The molecule has 5 heteroatoms. The molecule has 2 rings (SSSR count). The van der Waals surface area contributed by atoms with Gasteiger partial charge in [-0.15, -0.1) is 0 Å². The Morgan fingerprint density at radius 3 is 2.71 bits per heavy atom. The first-order valence-corrected chi connectivity index (χ1v) is 6.77. The molecule has 0 atom stereocenters. The number of benzene rings is 1. The first kappa shape index (κ1) is 13.1. The van der Waals surface area contributed by atoms with Gasteiger partial charge in [-0.2, -0.15) is 0 Å². The lowest BCUT2D eigenvalue weighted by atomic mass is 9.77. The van der Waals surface area contributed by atoms with Crippen molar-refractivity contribution in [2.45, 2.75) is 31.3 Å². The van der Waals surface area contributed by atoms with Crippen LogP contribution >= 0.6 is 27.5 Å². The summed E-state index contributed by atoms with van der Waals surface area (Å²) in [7, 11) is 0. The summed E-state index contributed by atoms with van der Waals surface area (Å²) in [4.78, 5) is 0. The third kappa shape index (κ3) is 2.75. The van der Waals surface area contributed by atoms with E-state index in [4.69, 9.17) is 22.1 Å². The normalized spacial score (nSPS) is 17.6. The number of rotatable bonds is 4. The maximum atomic E-state index is 13.4. The summed E-state index contributed by atoms with van der Waals surface area (Å²) in [5, 5.41) is 0.0886. The van der Waals surface area contributed by atoms with E-state index >= 15 is 0 Å². The first-order chi connectivity index (χ1) is 8.06. The largest absolute Gasteiger partial charge is 0.486 e. The second-order valence-electron chi connectivity index (χ2n) is 4.37. The molecule has 0 aromatic heterocycles. The van der Waals surface area contributed by atoms with Crippen molar-refractivity contribution in [3.63, 3.8) is 0 Å². The van der Waals surface area contributed by atoms with E-state index in [1.807, 2.05) is 0 Å². The zero-order chi connectivity index (χ0) is 12.5. The van der Waals surface area contributed by atoms with Gasteiger partial charge in [0.2, 0.25) is 0 Å². The Labute approximate surface area is 113 Å². The second kappa shape index (κ2) is 5.12. The van der Waals surface area contributed by atoms with Crippen molar-refractivity contribution in [2.75, 3.05) is 6.54 Å². The quantitative estimate of drug-likeness (QED) is 0.854. The molecular weight excluding hydrogens is 308 g/mol. The molecule has 17 heavy (non-hydrogen) atoms. The molecule has 0 spiro atoms. The van der Waals surface area contributed by atoms with Crippen molar-refractivity contribution in [3.8, 4) is 5.75 Å². The van der Waals surface area contributed by atoms with Gasteiger partial charge >= 0.3 is 0 Å². The molecule has 0 unspecified atom stereocenters. The fourth-order valence-corrected chi connectivity index (χ4v) is 2.77. The van der Waals surface area contributed by atoms with Crippen molar-refractivity contribution >= 4 is 27.5 Å². The predicted molar refractivity (Wildman–Crippen MR) is 70.0 cm³/mol. The molecule has 1 fully saturated rings. The van der Waals surface area contributed by atoms with E-state index < -0.39 is 5.82 Å². The summed E-state index contributed by atoms with van der Waals surface area (Å²) in [6.45, 7) is 0.577. The van der Waals surface area contributed by atoms with Crippen LogP contribution in [0.15, 0.2) is 16.6 Å². The van der Waals surface area contributed by atoms with E-state index in [1.54, 1.807) is 0 Å². The Balaban J connectivity index is 2.20. The van der Waals surface area contributed by atoms with E-state index in [9.17, 15) is 4.39 Å². The van der Waals surface area contributed by atoms with Crippen LogP contribution in [0.4, 0.5) is 4.39 Å². The lowest BCUT2D eigenvalue weighted by Gasteiger charge is -2.42. The minimum Gasteiger partial charge on any atom is -0.486 e. The summed E-state index contributed by atoms with van der Waals surface area (Å²) >= 11 is 9.02. The average molecular weight is 323 g/mol. The Hall–Kier alpha value is -0.320. The molecule has 1 aromatic rings. The molecule has 0 aliphatic heterocycles. The van der Waals surface area contributed by atoms with Crippen molar-refractivity contribution < 1.29 is 9.13 Å². The third-order valence-corrected chi connectivity index (χ3v) is 4.08. The van der Waals surface area contributed by atoms with E-state index in [2.05, 4.69) is 15.9 Å². The Kier molecular flexibility index (Phi) is 3.95. The summed E-state index contributed by atoms with van der Waals surface area (Å²) in [5.74, 6) is 0.0344. The highest BCUT2D eigenvalue weighted by molar-refractivity contribution is 9.10. The minimum absolute atomic E-state index is 0.0886. The fourth-order valence-electron chi connectivity index (χ4n) is 2.05. The molecule has 94 valence electrons. The zero-order valence-corrected chi connectivity index (χ0v) is 11.7. The molecule has 0 saturated heterocycles.